The van der Waals surface area contributed by atoms with Crippen LogP contribution in [0.25, 0.3) is 75.9 Å². The van der Waals surface area contributed by atoms with E-state index in [9.17, 15) is 0 Å². The number of pyridine rings is 1. The Hall–Kier alpha value is -4.93. The van der Waals surface area contributed by atoms with E-state index < -0.39 is 0 Å². The number of hydrogen-bond acceptors (Lipinski definition) is 4. The van der Waals surface area contributed by atoms with Gasteiger partial charge in [0.25, 0.3) is 0 Å². The van der Waals surface area contributed by atoms with Crippen molar-refractivity contribution in [1.82, 2.24) is 15.0 Å². The van der Waals surface area contributed by atoms with Crippen LogP contribution in [0.2, 0.25) is 0 Å². The van der Waals surface area contributed by atoms with Gasteiger partial charge in [0, 0.05) is 42.1 Å². The molecule has 0 saturated heterocycles. The Balaban J connectivity index is 1.48. The molecule has 39 heavy (non-hydrogen) atoms. The van der Waals surface area contributed by atoms with E-state index in [4.69, 9.17) is 15.0 Å². The van der Waals surface area contributed by atoms with Crippen LogP contribution in [0.15, 0.2) is 127 Å². The Bertz CT molecular complexity index is 2110. The predicted octanol–water partition coefficient (Wildman–Crippen LogP) is 9.55. The van der Waals surface area contributed by atoms with Gasteiger partial charge in [-0.1, -0.05) is 97.1 Å². The third-order valence-electron chi connectivity index (χ3n) is 7.27. The fourth-order valence-corrected chi connectivity index (χ4v) is 6.53. The Labute approximate surface area is 229 Å². The lowest BCUT2D eigenvalue weighted by Crippen LogP contribution is -1.98. The standard InChI is InChI=1S/C35H21N3S/c1-3-11-22(12-4-1)30-21-31(38-35(37-30)23-13-5-2-6-14-23)34-28-20-33-27(25-16-8-10-18-32(25)39-33)19-26(28)24-15-7-9-17-29(24)36-34/h1-21H. The average Bonchev–Trinajstić information content (AvgIpc) is 3.38. The molecule has 0 unspecified atom stereocenters. The van der Waals surface area contributed by atoms with E-state index in [1.165, 1.54) is 25.6 Å². The molecule has 8 aromatic rings. The summed E-state index contributed by atoms with van der Waals surface area (Å²) in [5.41, 5.74) is 5.56. The molecule has 0 fully saturated rings. The van der Waals surface area contributed by atoms with Crippen molar-refractivity contribution in [3.8, 4) is 34.0 Å². The van der Waals surface area contributed by atoms with Crippen molar-refractivity contribution in [3.05, 3.63) is 127 Å². The van der Waals surface area contributed by atoms with E-state index in [0.717, 1.165) is 44.5 Å². The van der Waals surface area contributed by atoms with E-state index in [0.29, 0.717) is 5.82 Å². The van der Waals surface area contributed by atoms with Crippen LogP contribution in [-0.4, -0.2) is 15.0 Å². The maximum atomic E-state index is 5.22. The number of hydrogen-bond donors (Lipinski definition) is 0. The van der Waals surface area contributed by atoms with Gasteiger partial charge in [0.05, 0.1) is 22.6 Å². The summed E-state index contributed by atoms with van der Waals surface area (Å²) in [5, 5.41) is 6.01. The first kappa shape index (κ1) is 22.1. The van der Waals surface area contributed by atoms with Crippen LogP contribution in [0.1, 0.15) is 0 Å². The van der Waals surface area contributed by atoms with Crippen LogP contribution >= 0.6 is 11.3 Å². The SMILES string of the molecule is c1ccc(-c2cc(-c3nc4ccccc4c4cc5c(cc34)sc3ccccc35)nc(-c3ccccc3)n2)cc1. The second-order valence-electron chi connectivity index (χ2n) is 9.66. The normalized spacial score (nSPS) is 11.6. The molecule has 3 aromatic heterocycles. The van der Waals surface area contributed by atoms with Crippen molar-refractivity contribution in [3.63, 3.8) is 0 Å². The highest BCUT2D eigenvalue weighted by molar-refractivity contribution is 7.25. The third kappa shape index (κ3) is 3.69. The zero-order valence-corrected chi connectivity index (χ0v) is 21.7. The van der Waals surface area contributed by atoms with Crippen LogP contribution in [0.4, 0.5) is 0 Å². The van der Waals surface area contributed by atoms with Crippen LogP contribution < -0.4 is 0 Å². The molecule has 8 rings (SSSR count). The average molecular weight is 516 g/mol. The second-order valence-corrected chi connectivity index (χ2v) is 10.7. The van der Waals surface area contributed by atoms with Crippen molar-refractivity contribution >= 4 is 53.2 Å². The first-order valence-electron chi connectivity index (χ1n) is 13.0. The van der Waals surface area contributed by atoms with Crippen molar-refractivity contribution in [2.45, 2.75) is 0 Å². The van der Waals surface area contributed by atoms with Crippen LogP contribution in [0.5, 0.6) is 0 Å². The van der Waals surface area contributed by atoms with Gasteiger partial charge in [-0.25, -0.2) is 15.0 Å². The predicted molar refractivity (Wildman–Crippen MR) is 164 cm³/mol. The van der Waals surface area contributed by atoms with Gasteiger partial charge in [-0.15, -0.1) is 11.3 Å². The van der Waals surface area contributed by atoms with Gasteiger partial charge in [0.2, 0.25) is 0 Å². The molecule has 0 aliphatic rings. The third-order valence-corrected chi connectivity index (χ3v) is 8.40. The monoisotopic (exact) mass is 515 g/mol. The maximum absolute atomic E-state index is 5.22. The lowest BCUT2D eigenvalue weighted by Gasteiger charge is -2.13. The van der Waals surface area contributed by atoms with Crippen LogP contribution in [0.3, 0.4) is 0 Å². The minimum absolute atomic E-state index is 0.693. The van der Waals surface area contributed by atoms with Gasteiger partial charge in [0.1, 0.15) is 0 Å². The van der Waals surface area contributed by atoms with Crippen LogP contribution in [0, 0.1) is 0 Å². The molecule has 0 aliphatic carbocycles. The minimum Gasteiger partial charge on any atom is -0.245 e. The summed E-state index contributed by atoms with van der Waals surface area (Å²) in [6, 6.07) is 44.2. The summed E-state index contributed by atoms with van der Waals surface area (Å²) < 4.78 is 2.55. The molecule has 0 radical (unpaired) electrons. The lowest BCUT2D eigenvalue weighted by atomic mass is 9.99. The molecule has 0 atom stereocenters. The Kier molecular flexibility index (Phi) is 5.00. The lowest BCUT2D eigenvalue weighted by molar-refractivity contribution is 1.17. The highest BCUT2D eigenvalue weighted by Crippen LogP contribution is 2.41. The molecule has 0 aliphatic heterocycles. The van der Waals surface area contributed by atoms with Crippen molar-refractivity contribution < 1.29 is 0 Å². The first-order valence-corrected chi connectivity index (χ1v) is 13.8. The number of benzene rings is 5. The van der Waals surface area contributed by atoms with E-state index in [1.54, 1.807) is 0 Å². The fourth-order valence-electron chi connectivity index (χ4n) is 5.41. The van der Waals surface area contributed by atoms with Crippen molar-refractivity contribution in [1.29, 1.82) is 0 Å². The number of para-hydroxylation sites is 1. The quantitative estimate of drug-likeness (QED) is 0.220. The highest BCUT2D eigenvalue weighted by atomic mass is 32.1. The first-order chi connectivity index (χ1) is 19.3. The molecule has 3 nitrogen and oxygen atoms in total. The van der Waals surface area contributed by atoms with Gasteiger partial charge in [-0.05, 0) is 35.7 Å². The topological polar surface area (TPSA) is 38.7 Å². The summed E-state index contributed by atoms with van der Waals surface area (Å²) in [4.78, 5) is 15.3. The molecule has 0 amide bonds. The molecule has 0 bridgehead atoms. The maximum Gasteiger partial charge on any atom is 0.160 e. The van der Waals surface area contributed by atoms with Crippen molar-refractivity contribution in [2.75, 3.05) is 0 Å². The Morgan fingerprint density at radius 1 is 0.410 bits per heavy atom. The Morgan fingerprint density at radius 3 is 1.90 bits per heavy atom. The van der Waals surface area contributed by atoms with Gasteiger partial charge in [0.15, 0.2) is 5.82 Å². The van der Waals surface area contributed by atoms with E-state index in [2.05, 4.69) is 84.9 Å². The Morgan fingerprint density at radius 2 is 1.08 bits per heavy atom. The van der Waals surface area contributed by atoms with E-state index in [1.807, 2.05) is 53.8 Å². The number of thiophene rings is 1. The number of fused-ring (bicyclic) bond motifs is 6. The van der Waals surface area contributed by atoms with Gasteiger partial charge in [-0.2, -0.15) is 0 Å². The number of rotatable bonds is 3. The highest BCUT2D eigenvalue weighted by Gasteiger charge is 2.17. The molecule has 0 N–H and O–H groups in total. The van der Waals surface area contributed by atoms with Gasteiger partial charge >= 0.3 is 0 Å². The number of nitrogens with zero attached hydrogens (tertiary/aromatic N) is 3. The molecule has 5 aromatic carbocycles. The van der Waals surface area contributed by atoms with E-state index in [-0.39, 0.29) is 0 Å². The largest absolute Gasteiger partial charge is 0.245 e. The molecule has 0 saturated carbocycles. The minimum atomic E-state index is 0.693. The van der Waals surface area contributed by atoms with Crippen LogP contribution in [-0.2, 0) is 0 Å². The molecular formula is C35H21N3S. The smallest absolute Gasteiger partial charge is 0.160 e. The van der Waals surface area contributed by atoms with Gasteiger partial charge < -0.3 is 0 Å². The molecule has 182 valence electrons. The number of aromatic nitrogens is 3. The molecular weight excluding hydrogens is 494 g/mol. The summed E-state index contributed by atoms with van der Waals surface area (Å²) in [6.45, 7) is 0. The summed E-state index contributed by atoms with van der Waals surface area (Å²) in [5.74, 6) is 0.693. The summed E-state index contributed by atoms with van der Waals surface area (Å²) in [6.07, 6.45) is 0. The second kappa shape index (κ2) is 8.83. The summed E-state index contributed by atoms with van der Waals surface area (Å²) >= 11 is 1.83. The molecule has 3 heterocycles. The zero-order valence-electron chi connectivity index (χ0n) is 20.9. The molecule has 0 spiro atoms. The summed E-state index contributed by atoms with van der Waals surface area (Å²) in [7, 11) is 0. The van der Waals surface area contributed by atoms with Gasteiger partial charge in [-0.3, -0.25) is 0 Å². The fraction of sp³-hybridized carbons (Fsp3) is 0. The van der Waals surface area contributed by atoms with E-state index >= 15 is 0 Å². The van der Waals surface area contributed by atoms with Crippen molar-refractivity contribution in [2.24, 2.45) is 0 Å². The molecule has 4 heteroatoms. The zero-order chi connectivity index (χ0) is 25.8.